The SMILES string of the molecule is CC(C)Nc1ccc(-c2c(F)c(F)c(-c3ccc(NCC4CC4)cc3)c(F)c2F)cc1. The molecule has 0 atom stereocenters. The lowest BCUT2D eigenvalue weighted by Gasteiger charge is -2.14. The first-order chi connectivity index (χ1) is 14.8. The van der Waals surface area contributed by atoms with Crippen molar-refractivity contribution in [3.63, 3.8) is 0 Å². The number of hydrogen-bond acceptors (Lipinski definition) is 2. The Bertz CT molecular complexity index is 1040. The predicted molar refractivity (Wildman–Crippen MR) is 117 cm³/mol. The van der Waals surface area contributed by atoms with Gasteiger partial charge in [-0.05, 0) is 68.0 Å². The van der Waals surface area contributed by atoms with Gasteiger partial charge in [-0.15, -0.1) is 0 Å². The largest absolute Gasteiger partial charge is 0.385 e. The highest BCUT2D eigenvalue weighted by Crippen LogP contribution is 2.37. The minimum atomic E-state index is -1.41. The molecule has 3 aromatic rings. The third-order valence-electron chi connectivity index (χ3n) is 5.36. The zero-order valence-corrected chi connectivity index (χ0v) is 17.4. The lowest BCUT2D eigenvalue weighted by Crippen LogP contribution is -2.09. The first-order valence-electron chi connectivity index (χ1n) is 10.4. The second-order valence-electron chi connectivity index (χ2n) is 8.28. The van der Waals surface area contributed by atoms with Gasteiger partial charge in [0.2, 0.25) is 0 Å². The van der Waals surface area contributed by atoms with Crippen LogP contribution < -0.4 is 10.6 Å². The third kappa shape index (κ3) is 4.53. The fraction of sp³-hybridized carbons (Fsp3) is 0.280. The zero-order valence-electron chi connectivity index (χ0n) is 17.4. The van der Waals surface area contributed by atoms with Crippen molar-refractivity contribution in [2.45, 2.75) is 32.7 Å². The van der Waals surface area contributed by atoms with E-state index in [1.54, 1.807) is 24.3 Å². The van der Waals surface area contributed by atoms with Crippen LogP contribution in [-0.4, -0.2) is 12.6 Å². The molecule has 31 heavy (non-hydrogen) atoms. The average Bonchev–Trinajstić information content (AvgIpc) is 3.57. The Morgan fingerprint density at radius 2 is 1.13 bits per heavy atom. The van der Waals surface area contributed by atoms with E-state index in [4.69, 9.17) is 0 Å². The first kappa shape index (κ1) is 21.2. The molecular formula is C25H24F4N2. The Kier molecular flexibility index (Phi) is 5.90. The van der Waals surface area contributed by atoms with Gasteiger partial charge in [-0.3, -0.25) is 0 Å². The van der Waals surface area contributed by atoms with Crippen LogP contribution in [0.2, 0.25) is 0 Å². The second-order valence-corrected chi connectivity index (χ2v) is 8.28. The second kappa shape index (κ2) is 8.61. The minimum absolute atomic E-state index is 0.0632. The molecule has 0 saturated heterocycles. The van der Waals surface area contributed by atoms with E-state index in [0.29, 0.717) is 5.92 Å². The molecule has 162 valence electrons. The van der Waals surface area contributed by atoms with Gasteiger partial charge in [0.1, 0.15) is 0 Å². The molecular weight excluding hydrogens is 404 g/mol. The predicted octanol–water partition coefficient (Wildman–Crippen LogP) is 7.22. The molecule has 1 saturated carbocycles. The fourth-order valence-electron chi connectivity index (χ4n) is 3.54. The Balaban J connectivity index is 1.66. The van der Waals surface area contributed by atoms with Crippen LogP contribution in [0.3, 0.4) is 0 Å². The number of halogens is 4. The molecule has 0 aliphatic heterocycles. The summed E-state index contributed by atoms with van der Waals surface area (Å²) in [6.45, 7) is 4.74. The maximum absolute atomic E-state index is 14.9. The third-order valence-corrected chi connectivity index (χ3v) is 5.36. The number of anilines is 2. The van der Waals surface area contributed by atoms with Gasteiger partial charge in [0.25, 0.3) is 0 Å². The van der Waals surface area contributed by atoms with Crippen LogP contribution in [0, 0.1) is 29.2 Å². The van der Waals surface area contributed by atoms with Crippen molar-refractivity contribution in [1.82, 2.24) is 0 Å². The molecule has 0 unspecified atom stereocenters. The number of rotatable bonds is 7. The summed E-state index contributed by atoms with van der Waals surface area (Å²) in [5.41, 5.74) is 0.265. The van der Waals surface area contributed by atoms with Crippen molar-refractivity contribution in [3.05, 3.63) is 71.8 Å². The molecule has 1 fully saturated rings. The molecule has 2 nitrogen and oxygen atoms in total. The van der Waals surface area contributed by atoms with E-state index in [1.807, 2.05) is 13.8 Å². The van der Waals surface area contributed by atoms with Gasteiger partial charge < -0.3 is 10.6 Å². The van der Waals surface area contributed by atoms with E-state index >= 15 is 0 Å². The van der Waals surface area contributed by atoms with Crippen LogP contribution in [-0.2, 0) is 0 Å². The van der Waals surface area contributed by atoms with E-state index in [2.05, 4.69) is 10.6 Å². The summed E-state index contributed by atoms with van der Waals surface area (Å²) >= 11 is 0. The molecule has 0 amide bonds. The van der Waals surface area contributed by atoms with E-state index in [0.717, 1.165) is 17.9 Å². The summed E-state index contributed by atoms with van der Waals surface area (Å²) in [6.07, 6.45) is 2.40. The summed E-state index contributed by atoms with van der Waals surface area (Å²) < 4.78 is 59.5. The zero-order chi connectivity index (χ0) is 22.1. The van der Waals surface area contributed by atoms with Gasteiger partial charge >= 0.3 is 0 Å². The van der Waals surface area contributed by atoms with Crippen LogP contribution >= 0.6 is 0 Å². The van der Waals surface area contributed by atoms with Gasteiger partial charge in [0, 0.05) is 24.0 Å². The smallest absolute Gasteiger partial charge is 0.170 e. The fourth-order valence-corrected chi connectivity index (χ4v) is 3.54. The van der Waals surface area contributed by atoms with Gasteiger partial charge in [-0.1, -0.05) is 24.3 Å². The van der Waals surface area contributed by atoms with Crippen molar-refractivity contribution >= 4 is 11.4 Å². The average molecular weight is 428 g/mol. The summed E-state index contributed by atoms with van der Waals surface area (Å²) in [6, 6.07) is 12.5. The summed E-state index contributed by atoms with van der Waals surface area (Å²) in [5.74, 6) is -4.96. The highest BCUT2D eigenvalue weighted by Gasteiger charge is 2.27. The topological polar surface area (TPSA) is 24.1 Å². The Morgan fingerprint density at radius 1 is 0.710 bits per heavy atom. The van der Waals surface area contributed by atoms with E-state index in [1.165, 1.54) is 37.1 Å². The van der Waals surface area contributed by atoms with Crippen LogP contribution in [0.4, 0.5) is 28.9 Å². The highest BCUT2D eigenvalue weighted by atomic mass is 19.2. The van der Waals surface area contributed by atoms with Crippen LogP contribution in [0.25, 0.3) is 22.3 Å². The van der Waals surface area contributed by atoms with Gasteiger partial charge in [0.15, 0.2) is 23.3 Å². The molecule has 0 spiro atoms. The van der Waals surface area contributed by atoms with Gasteiger partial charge in [-0.2, -0.15) is 0 Å². The highest BCUT2D eigenvalue weighted by molar-refractivity contribution is 5.74. The molecule has 0 bridgehead atoms. The van der Waals surface area contributed by atoms with Crippen LogP contribution in [0.1, 0.15) is 26.7 Å². The molecule has 3 aromatic carbocycles. The molecule has 0 radical (unpaired) electrons. The van der Waals surface area contributed by atoms with E-state index in [-0.39, 0.29) is 17.2 Å². The van der Waals surface area contributed by atoms with E-state index < -0.39 is 34.4 Å². The van der Waals surface area contributed by atoms with Crippen molar-refractivity contribution in [2.24, 2.45) is 5.92 Å². The molecule has 0 heterocycles. The normalized spacial score (nSPS) is 13.5. The van der Waals surface area contributed by atoms with Crippen molar-refractivity contribution in [2.75, 3.05) is 17.2 Å². The maximum Gasteiger partial charge on any atom is 0.170 e. The van der Waals surface area contributed by atoms with Crippen molar-refractivity contribution in [3.8, 4) is 22.3 Å². The lowest BCUT2D eigenvalue weighted by atomic mass is 9.97. The summed E-state index contributed by atoms with van der Waals surface area (Å²) in [5, 5.41) is 6.39. The Hall–Kier alpha value is -3.02. The lowest BCUT2D eigenvalue weighted by molar-refractivity contribution is 0.463. The minimum Gasteiger partial charge on any atom is -0.385 e. The molecule has 1 aliphatic carbocycles. The maximum atomic E-state index is 14.9. The Labute approximate surface area is 179 Å². The Morgan fingerprint density at radius 3 is 1.52 bits per heavy atom. The first-order valence-corrected chi connectivity index (χ1v) is 10.4. The van der Waals surface area contributed by atoms with Gasteiger partial charge in [-0.25, -0.2) is 17.6 Å². The summed E-state index contributed by atoms with van der Waals surface area (Å²) in [7, 11) is 0. The number of nitrogens with one attached hydrogen (secondary N) is 2. The number of hydrogen-bond donors (Lipinski definition) is 2. The van der Waals surface area contributed by atoms with Crippen molar-refractivity contribution in [1.29, 1.82) is 0 Å². The summed E-state index contributed by atoms with van der Waals surface area (Å²) in [4.78, 5) is 0. The number of benzene rings is 3. The molecule has 4 rings (SSSR count). The molecule has 0 aromatic heterocycles. The molecule has 6 heteroatoms. The van der Waals surface area contributed by atoms with E-state index in [9.17, 15) is 17.6 Å². The molecule has 2 N–H and O–H groups in total. The molecule has 1 aliphatic rings. The van der Waals surface area contributed by atoms with Crippen molar-refractivity contribution < 1.29 is 17.6 Å². The van der Waals surface area contributed by atoms with Crippen LogP contribution in [0.15, 0.2) is 48.5 Å². The monoisotopic (exact) mass is 428 g/mol. The van der Waals surface area contributed by atoms with Crippen LogP contribution in [0.5, 0.6) is 0 Å². The standard InChI is InChI=1S/C25H24F4N2/c1-14(2)31-19-11-7-17(8-12-19)21-24(28)22(26)20(23(27)25(21)29)16-5-9-18(10-6-16)30-13-15-3-4-15/h5-12,14-15,30-31H,3-4,13H2,1-2H3. The van der Waals surface area contributed by atoms with Gasteiger partial charge in [0.05, 0.1) is 11.1 Å². The quantitative estimate of drug-likeness (QED) is 0.307.